The minimum atomic E-state index is 0.831. The molecule has 1 aliphatic heterocycles. The van der Waals surface area contributed by atoms with Crippen molar-refractivity contribution in [1.82, 2.24) is 10.3 Å². The Morgan fingerprint density at radius 1 is 0.968 bits per heavy atom. The number of unbranched alkanes of at least 4 members (excludes halogenated alkanes) is 1. The van der Waals surface area contributed by atoms with Crippen molar-refractivity contribution in [2.75, 3.05) is 31.1 Å². The van der Waals surface area contributed by atoms with Gasteiger partial charge in [0.1, 0.15) is 11.8 Å². The number of anilines is 1. The van der Waals surface area contributed by atoms with Gasteiger partial charge in [-0.25, -0.2) is 0 Å². The van der Waals surface area contributed by atoms with E-state index >= 15 is 0 Å². The van der Waals surface area contributed by atoms with Crippen molar-refractivity contribution in [2.24, 2.45) is 0 Å². The molecule has 1 N–H and O–H groups in total. The van der Waals surface area contributed by atoms with E-state index in [2.05, 4.69) is 71.7 Å². The van der Waals surface area contributed by atoms with Crippen LogP contribution in [0.5, 0.6) is 0 Å². The van der Waals surface area contributed by atoms with Crippen molar-refractivity contribution >= 4 is 16.8 Å². The molecule has 0 atom stereocenters. The molecule has 1 fully saturated rings. The molecule has 2 aromatic heterocycles. The average molecular weight is 412 g/mol. The molecule has 0 amide bonds. The molecule has 0 saturated carbocycles. The first-order chi connectivity index (χ1) is 15.3. The Labute approximate surface area is 183 Å². The highest BCUT2D eigenvalue weighted by molar-refractivity contribution is 5.92. The summed E-state index contributed by atoms with van der Waals surface area (Å²) in [7, 11) is 0. The molecule has 1 saturated heterocycles. The Morgan fingerprint density at radius 2 is 1.81 bits per heavy atom. The first kappa shape index (κ1) is 19.8. The van der Waals surface area contributed by atoms with Crippen LogP contribution in [0, 0.1) is 0 Å². The predicted molar refractivity (Wildman–Crippen MR) is 129 cm³/mol. The van der Waals surface area contributed by atoms with Gasteiger partial charge in [-0.05, 0) is 47.7 Å². The first-order valence-corrected chi connectivity index (χ1v) is 11.3. The molecule has 31 heavy (non-hydrogen) atoms. The zero-order valence-electron chi connectivity index (χ0n) is 18.1. The summed E-state index contributed by atoms with van der Waals surface area (Å²) in [6.45, 7) is 6.44. The number of fused-ring (bicyclic) bond motifs is 1. The fourth-order valence-electron chi connectivity index (χ4n) is 4.34. The molecular formula is C27H29N3O. The largest absolute Gasteiger partial charge is 0.462 e. The molecule has 0 unspecified atom stereocenters. The molecule has 2 aromatic carbocycles. The SMILES string of the molecule is CCCCc1cccc(-c2coc3cc(-c4ccc(N5CCNCC5)cc4)cnc23)c1. The Balaban J connectivity index is 1.40. The second kappa shape index (κ2) is 8.94. The topological polar surface area (TPSA) is 41.3 Å². The molecule has 0 aliphatic carbocycles. The van der Waals surface area contributed by atoms with Gasteiger partial charge >= 0.3 is 0 Å². The van der Waals surface area contributed by atoms with Crippen LogP contribution in [0.15, 0.2) is 71.5 Å². The van der Waals surface area contributed by atoms with E-state index in [4.69, 9.17) is 9.40 Å². The number of piperazine rings is 1. The second-order valence-corrected chi connectivity index (χ2v) is 8.31. The number of aryl methyl sites for hydroxylation is 1. The molecule has 3 heterocycles. The monoisotopic (exact) mass is 411 g/mol. The van der Waals surface area contributed by atoms with E-state index in [9.17, 15) is 0 Å². The summed E-state index contributed by atoms with van der Waals surface area (Å²) in [4.78, 5) is 7.21. The Kier molecular flexibility index (Phi) is 5.72. The first-order valence-electron chi connectivity index (χ1n) is 11.3. The quantitative estimate of drug-likeness (QED) is 0.428. The van der Waals surface area contributed by atoms with Crippen molar-refractivity contribution in [1.29, 1.82) is 0 Å². The van der Waals surface area contributed by atoms with Gasteiger partial charge in [0.2, 0.25) is 0 Å². The van der Waals surface area contributed by atoms with E-state index in [0.29, 0.717) is 0 Å². The van der Waals surface area contributed by atoms with Crippen LogP contribution >= 0.6 is 0 Å². The number of hydrogen-bond donors (Lipinski definition) is 1. The third-order valence-electron chi connectivity index (χ3n) is 6.15. The molecule has 0 spiro atoms. The highest BCUT2D eigenvalue weighted by Gasteiger charge is 2.13. The van der Waals surface area contributed by atoms with E-state index in [0.717, 1.165) is 60.4 Å². The average Bonchev–Trinajstić information content (AvgIpc) is 3.27. The number of hydrogen-bond acceptors (Lipinski definition) is 4. The van der Waals surface area contributed by atoms with Crippen molar-refractivity contribution in [3.8, 4) is 22.3 Å². The van der Waals surface area contributed by atoms with Crippen LogP contribution < -0.4 is 10.2 Å². The third kappa shape index (κ3) is 4.21. The van der Waals surface area contributed by atoms with Gasteiger partial charge in [0.25, 0.3) is 0 Å². The summed E-state index contributed by atoms with van der Waals surface area (Å²) in [6.07, 6.45) is 7.33. The smallest absolute Gasteiger partial charge is 0.153 e. The number of furan rings is 1. The van der Waals surface area contributed by atoms with E-state index in [1.807, 2.05) is 12.5 Å². The molecule has 158 valence electrons. The molecule has 4 nitrogen and oxygen atoms in total. The lowest BCUT2D eigenvalue weighted by Crippen LogP contribution is -2.43. The van der Waals surface area contributed by atoms with Crippen molar-refractivity contribution < 1.29 is 4.42 Å². The number of pyridine rings is 1. The molecule has 0 radical (unpaired) electrons. The predicted octanol–water partition coefficient (Wildman–Crippen LogP) is 5.91. The van der Waals surface area contributed by atoms with Crippen molar-refractivity contribution in [3.05, 3.63) is 72.6 Å². The van der Waals surface area contributed by atoms with Crippen LogP contribution in [0.3, 0.4) is 0 Å². The van der Waals surface area contributed by atoms with Gasteiger partial charge in [-0.1, -0.05) is 49.7 Å². The number of rotatable bonds is 6. The van der Waals surface area contributed by atoms with Crippen LogP contribution in [-0.4, -0.2) is 31.2 Å². The minimum absolute atomic E-state index is 0.831. The molecule has 4 heteroatoms. The van der Waals surface area contributed by atoms with E-state index in [1.165, 1.54) is 29.7 Å². The van der Waals surface area contributed by atoms with Crippen molar-refractivity contribution in [3.63, 3.8) is 0 Å². The molecule has 5 rings (SSSR count). The lowest BCUT2D eigenvalue weighted by molar-refractivity contribution is 0.589. The maximum Gasteiger partial charge on any atom is 0.153 e. The van der Waals surface area contributed by atoms with E-state index < -0.39 is 0 Å². The van der Waals surface area contributed by atoms with Crippen LogP contribution in [0.1, 0.15) is 25.3 Å². The highest BCUT2D eigenvalue weighted by atomic mass is 16.3. The van der Waals surface area contributed by atoms with Gasteiger partial charge in [-0.15, -0.1) is 0 Å². The zero-order chi connectivity index (χ0) is 21.0. The summed E-state index contributed by atoms with van der Waals surface area (Å²) < 4.78 is 5.93. The van der Waals surface area contributed by atoms with Crippen LogP contribution in [-0.2, 0) is 6.42 Å². The van der Waals surface area contributed by atoms with Gasteiger partial charge < -0.3 is 14.6 Å². The van der Waals surface area contributed by atoms with E-state index in [1.54, 1.807) is 0 Å². The highest BCUT2D eigenvalue weighted by Crippen LogP contribution is 2.32. The summed E-state index contributed by atoms with van der Waals surface area (Å²) in [5, 5.41) is 3.40. The molecule has 1 aliphatic rings. The number of aromatic nitrogens is 1. The standard InChI is InChI=1S/C27H29N3O/c1-2-3-5-20-6-4-7-22(16-20)25-19-31-26-17-23(18-29-27(25)26)21-8-10-24(11-9-21)30-14-12-28-13-15-30/h4,6-11,16-19,28H,2-3,5,12-15H2,1H3. The fraction of sp³-hybridized carbons (Fsp3) is 0.296. The van der Waals surface area contributed by atoms with Gasteiger partial charge in [-0.3, -0.25) is 4.98 Å². The summed E-state index contributed by atoms with van der Waals surface area (Å²) in [5.41, 5.74) is 8.88. The molecular weight excluding hydrogens is 382 g/mol. The summed E-state index contributed by atoms with van der Waals surface area (Å²) in [6, 6.07) is 19.6. The lowest BCUT2D eigenvalue weighted by Gasteiger charge is -2.29. The number of nitrogens with one attached hydrogen (secondary N) is 1. The Bertz CT molecular complexity index is 1160. The summed E-state index contributed by atoms with van der Waals surface area (Å²) >= 11 is 0. The van der Waals surface area contributed by atoms with E-state index in [-0.39, 0.29) is 0 Å². The normalized spacial score (nSPS) is 14.3. The van der Waals surface area contributed by atoms with Crippen molar-refractivity contribution in [2.45, 2.75) is 26.2 Å². The minimum Gasteiger partial charge on any atom is -0.462 e. The van der Waals surface area contributed by atoms with Crippen LogP contribution in [0.2, 0.25) is 0 Å². The van der Waals surface area contributed by atoms with Gasteiger partial charge in [-0.2, -0.15) is 0 Å². The van der Waals surface area contributed by atoms with Gasteiger partial charge in [0, 0.05) is 49.2 Å². The van der Waals surface area contributed by atoms with Gasteiger partial charge in [0.05, 0.1) is 0 Å². The fourth-order valence-corrected chi connectivity index (χ4v) is 4.34. The van der Waals surface area contributed by atoms with Crippen LogP contribution in [0.4, 0.5) is 5.69 Å². The number of nitrogens with zero attached hydrogens (tertiary/aromatic N) is 2. The summed E-state index contributed by atoms with van der Waals surface area (Å²) in [5.74, 6) is 0. The second-order valence-electron chi connectivity index (χ2n) is 8.31. The zero-order valence-corrected chi connectivity index (χ0v) is 18.1. The Hall–Kier alpha value is -3.11. The number of benzene rings is 2. The third-order valence-corrected chi connectivity index (χ3v) is 6.15. The maximum atomic E-state index is 5.93. The maximum absolute atomic E-state index is 5.93. The molecule has 0 bridgehead atoms. The molecule has 4 aromatic rings. The van der Waals surface area contributed by atoms with Gasteiger partial charge in [0.15, 0.2) is 5.58 Å². The Morgan fingerprint density at radius 3 is 2.61 bits per heavy atom. The van der Waals surface area contributed by atoms with Crippen LogP contribution in [0.25, 0.3) is 33.4 Å². The lowest BCUT2D eigenvalue weighted by atomic mass is 10.0.